The third kappa shape index (κ3) is 2.91. The molecule has 3 rings (SSSR count). The van der Waals surface area contributed by atoms with Crippen LogP contribution in [0.1, 0.15) is 29.7 Å². The van der Waals surface area contributed by atoms with Crippen molar-refractivity contribution in [2.45, 2.75) is 19.4 Å². The van der Waals surface area contributed by atoms with Crippen LogP contribution in [0.4, 0.5) is 4.39 Å². The van der Waals surface area contributed by atoms with Gasteiger partial charge in [0.05, 0.1) is 20.3 Å². The Morgan fingerprint density at radius 2 is 1.74 bits per heavy atom. The van der Waals surface area contributed by atoms with Gasteiger partial charge in [-0.1, -0.05) is 19.1 Å². The maximum Gasteiger partial charge on any atom is 0.161 e. The molecule has 3 nitrogen and oxygen atoms in total. The summed E-state index contributed by atoms with van der Waals surface area (Å²) >= 11 is 0. The van der Waals surface area contributed by atoms with Gasteiger partial charge >= 0.3 is 0 Å². The molecule has 4 heteroatoms. The molecule has 2 aromatic carbocycles. The fourth-order valence-electron chi connectivity index (χ4n) is 3.37. The van der Waals surface area contributed by atoms with Crippen molar-refractivity contribution in [1.82, 2.24) is 4.90 Å². The van der Waals surface area contributed by atoms with Gasteiger partial charge in [0, 0.05) is 6.54 Å². The Hall–Kier alpha value is -2.07. The molecule has 1 aliphatic heterocycles. The fourth-order valence-corrected chi connectivity index (χ4v) is 3.37. The summed E-state index contributed by atoms with van der Waals surface area (Å²) in [6.07, 6.45) is 0.973. The van der Waals surface area contributed by atoms with Gasteiger partial charge < -0.3 is 9.47 Å². The average Bonchev–Trinajstić information content (AvgIpc) is 2.60. The molecule has 1 atom stereocenters. The molecule has 0 saturated heterocycles. The minimum atomic E-state index is -0.208. The summed E-state index contributed by atoms with van der Waals surface area (Å²) in [5.74, 6) is 1.28. The predicted molar refractivity (Wildman–Crippen MR) is 88.7 cm³/mol. The molecular formula is C19H22FNO2. The number of rotatable bonds is 4. The molecule has 23 heavy (non-hydrogen) atoms. The molecule has 1 heterocycles. The van der Waals surface area contributed by atoms with Crippen LogP contribution >= 0.6 is 0 Å². The predicted octanol–water partition coefficient (Wildman–Crippen LogP) is 3.81. The maximum absolute atomic E-state index is 13.3. The lowest BCUT2D eigenvalue weighted by molar-refractivity contribution is 0.224. The van der Waals surface area contributed by atoms with Crippen LogP contribution in [0.5, 0.6) is 11.5 Å². The summed E-state index contributed by atoms with van der Waals surface area (Å²) in [6.45, 7) is 4.07. The SMILES string of the molecule is CCN1CCc2cc(OC)c(OC)cc2C1c1ccc(F)cc1. The third-order valence-electron chi connectivity index (χ3n) is 4.57. The van der Waals surface area contributed by atoms with Gasteiger partial charge in [-0.2, -0.15) is 0 Å². The number of likely N-dealkylation sites (N-methyl/N-ethyl adjacent to an activating group) is 1. The number of nitrogens with zero attached hydrogens (tertiary/aromatic N) is 1. The van der Waals surface area contributed by atoms with Crippen LogP contribution in [0.25, 0.3) is 0 Å². The first kappa shape index (κ1) is 15.8. The number of fused-ring (bicyclic) bond motifs is 1. The van der Waals surface area contributed by atoms with Crippen LogP contribution in [-0.4, -0.2) is 32.2 Å². The first-order chi connectivity index (χ1) is 11.2. The topological polar surface area (TPSA) is 21.7 Å². The lowest BCUT2D eigenvalue weighted by Gasteiger charge is -2.37. The number of benzene rings is 2. The van der Waals surface area contributed by atoms with Gasteiger partial charge in [-0.25, -0.2) is 4.39 Å². The summed E-state index contributed by atoms with van der Waals surface area (Å²) in [4.78, 5) is 2.40. The first-order valence-electron chi connectivity index (χ1n) is 7.92. The van der Waals surface area contributed by atoms with Crippen LogP contribution in [0.2, 0.25) is 0 Å². The van der Waals surface area contributed by atoms with Gasteiger partial charge in [-0.15, -0.1) is 0 Å². The highest BCUT2D eigenvalue weighted by Crippen LogP contribution is 2.40. The number of ether oxygens (including phenoxy) is 2. The van der Waals surface area contributed by atoms with E-state index in [4.69, 9.17) is 9.47 Å². The maximum atomic E-state index is 13.3. The van der Waals surface area contributed by atoms with E-state index in [1.807, 2.05) is 12.1 Å². The molecule has 0 aliphatic carbocycles. The van der Waals surface area contributed by atoms with Gasteiger partial charge in [0.15, 0.2) is 11.5 Å². The number of hydrogen-bond donors (Lipinski definition) is 0. The highest BCUT2D eigenvalue weighted by Gasteiger charge is 2.29. The second-order valence-electron chi connectivity index (χ2n) is 5.74. The molecular weight excluding hydrogens is 293 g/mol. The molecule has 0 bridgehead atoms. The van der Waals surface area contributed by atoms with E-state index < -0.39 is 0 Å². The molecule has 0 fully saturated rings. The van der Waals surface area contributed by atoms with Crippen molar-refractivity contribution in [3.05, 3.63) is 58.9 Å². The van der Waals surface area contributed by atoms with Crippen LogP contribution < -0.4 is 9.47 Å². The van der Waals surface area contributed by atoms with Gasteiger partial charge in [0.25, 0.3) is 0 Å². The van der Waals surface area contributed by atoms with Crippen LogP contribution in [0.3, 0.4) is 0 Å². The van der Waals surface area contributed by atoms with E-state index in [1.165, 1.54) is 23.3 Å². The summed E-state index contributed by atoms with van der Waals surface area (Å²) in [7, 11) is 3.31. The largest absolute Gasteiger partial charge is 0.493 e. The van der Waals surface area contributed by atoms with Crippen molar-refractivity contribution in [3.8, 4) is 11.5 Å². The standard InChI is InChI=1S/C19H22FNO2/c1-4-21-10-9-14-11-17(22-2)18(23-3)12-16(14)19(21)13-5-7-15(20)8-6-13/h5-8,11-12,19H,4,9-10H2,1-3H3. The van der Waals surface area contributed by atoms with Crippen molar-refractivity contribution < 1.29 is 13.9 Å². The first-order valence-corrected chi connectivity index (χ1v) is 7.92. The smallest absolute Gasteiger partial charge is 0.161 e. The Kier molecular flexibility index (Phi) is 4.53. The molecule has 1 unspecified atom stereocenters. The zero-order valence-electron chi connectivity index (χ0n) is 13.8. The zero-order chi connectivity index (χ0) is 16.4. The third-order valence-corrected chi connectivity index (χ3v) is 4.57. The lowest BCUT2D eigenvalue weighted by Crippen LogP contribution is -2.36. The summed E-state index contributed by atoms with van der Waals surface area (Å²) < 4.78 is 24.2. The molecule has 0 radical (unpaired) electrons. The van der Waals surface area contributed by atoms with Crippen LogP contribution in [0.15, 0.2) is 36.4 Å². The second kappa shape index (κ2) is 6.59. The molecule has 0 saturated carbocycles. The monoisotopic (exact) mass is 315 g/mol. The van der Waals surface area contributed by atoms with E-state index in [0.717, 1.165) is 36.6 Å². The van der Waals surface area contributed by atoms with Gasteiger partial charge in [-0.3, -0.25) is 4.90 Å². The lowest BCUT2D eigenvalue weighted by atomic mass is 9.87. The van der Waals surface area contributed by atoms with E-state index in [1.54, 1.807) is 14.2 Å². The molecule has 122 valence electrons. The Morgan fingerprint density at radius 3 is 2.35 bits per heavy atom. The Labute approximate surface area is 136 Å². The van der Waals surface area contributed by atoms with Crippen molar-refractivity contribution in [3.63, 3.8) is 0 Å². The second-order valence-corrected chi connectivity index (χ2v) is 5.74. The van der Waals surface area contributed by atoms with E-state index in [2.05, 4.69) is 24.0 Å². The molecule has 2 aromatic rings. The van der Waals surface area contributed by atoms with E-state index >= 15 is 0 Å². The van der Waals surface area contributed by atoms with E-state index in [0.29, 0.717) is 0 Å². The van der Waals surface area contributed by atoms with Crippen molar-refractivity contribution in [2.75, 3.05) is 27.3 Å². The average molecular weight is 315 g/mol. The molecule has 1 aliphatic rings. The van der Waals surface area contributed by atoms with Gasteiger partial charge in [0.1, 0.15) is 5.82 Å². The molecule has 0 N–H and O–H groups in total. The Morgan fingerprint density at radius 1 is 1.09 bits per heavy atom. The quantitative estimate of drug-likeness (QED) is 0.856. The number of methoxy groups -OCH3 is 2. The molecule has 0 spiro atoms. The van der Waals surface area contributed by atoms with Crippen molar-refractivity contribution in [2.24, 2.45) is 0 Å². The van der Waals surface area contributed by atoms with Gasteiger partial charge in [0.2, 0.25) is 0 Å². The van der Waals surface area contributed by atoms with Crippen molar-refractivity contribution >= 4 is 0 Å². The summed E-state index contributed by atoms with van der Waals surface area (Å²) in [5, 5.41) is 0. The number of hydrogen-bond acceptors (Lipinski definition) is 3. The minimum absolute atomic E-state index is 0.115. The van der Waals surface area contributed by atoms with Gasteiger partial charge in [-0.05, 0) is 53.9 Å². The normalized spacial score (nSPS) is 17.7. The molecule has 0 amide bonds. The molecule has 0 aromatic heterocycles. The van der Waals surface area contributed by atoms with E-state index in [-0.39, 0.29) is 11.9 Å². The summed E-state index contributed by atoms with van der Waals surface area (Å²) in [6, 6.07) is 11.0. The Balaban J connectivity index is 2.12. The zero-order valence-corrected chi connectivity index (χ0v) is 13.8. The highest BCUT2D eigenvalue weighted by atomic mass is 19.1. The summed E-state index contributed by atoms with van der Waals surface area (Å²) in [5.41, 5.74) is 3.57. The highest BCUT2D eigenvalue weighted by molar-refractivity contribution is 5.51. The minimum Gasteiger partial charge on any atom is -0.493 e. The van der Waals surface area contributed by atoms with Crippen molar-refractivity contribution in [1.29, 1.82) is 0 Å². The Bertz CT molecular complexity index is 685. The van der Waals surface area contributed by atoms with Crippen LogP contribution in [-0.2, 0) is 6.42 Å². The fraction of sp³-hybridized carbons (Fsp3) is 0.368. The number of halogens is 1. The van der Waals surface area contributed by atoms with Crippen LogP contribution in [0, 0.1) is 5.82 Å². The van der Waals surface area contributed by atoms with E-state index in [9.17, 15) is 4.39 Å².